The van der Waals surface area contributed by atoms with Crippen molar-refractivity contribution < 1.29 is 4.79 Å². The summed E-state index contributed by atoms with van der Waals surface area (Å²) in [5.74, 6) is 0.178. The average Bonchev–Trinajstić information content (AvgIpc) is 2.47. The summed E-state index contributed by atoms with van der Waals surface area (Å²) in [5, 5.41) is 6.63. The molecule has 0 saturated carbocycles. The molecule has 1 aromatic rings. The minimum absolute atomic E-state index is 0.0699. The molecule has 2 N–H and O–H groups in total. The number of hydrogen-bond acceptors (Lipinski definition) is 2. The Morgan fingerprint density at radius 2 is 1.76 bits per heavy atom. The fraction of sp³-hybridized carbons (Fsp3) is 0.611. The summed E-state index contributed by atoms with van der Waals surface area (Å²) in [6.45, 7) is 10.4. The Balaban J connectivity index is 2.26. The average molecular weight is 288 g/mol. The highest BCUT2D eigenvalue weighted by molar-refractivity contribution is 5.88. The van der Waals surface area contributed by atoms with Crippen LogP contribution in [0.1, 0.15) is 46.1 Å². The van der Waals surface area contributed by atoms with Crippen LogP contribution in [0.3, 0.4) is 0 Å². The smallest absolute Gasteiger partial charge is 0.230 e. The molecule has 1 fully saturated rings. The standard InChI is InChI=1S/C18H28N2O/c1-14(17(2,3)4)20-16(21)18(10-12-19-13-11-18)15-8-6-5-7-9-15/h5-9,14,19H,10-13H2,1-4H3,(H,20,21). The molecule has 3 nitrogen and oxygen atoms in total. The quantitative estimate of drug-likeness (QED) is 0.898. The van der Waals surface area contributed by atoms with Gasteiger partial charge in [0, 0.05) is 6.04 Å². The van der Waals surface area contributed by atoms with E-state index in [1.54, 1.807) is 0 Å². The lowest BCUT2D eigenvalue weighted by atomic mass is 9.72. The number of carbonyl (C=O) groups excluding carboxylic acids is 1. The molecule has 2 rings (SSSR count). The van der Waals surface area contributed by atoms with Crippen molar-refractivity contribution in [2.45, 2.75) is 52.0 Å². The first-order valence-corrected chi connectivity index (χ1v) is 7.93. The first-order valence-electron chi connectivity index (χ1n) is 7.93. The normalized spacial score (nSPS) is 19.8. The lowest BCUT2D eigenvalue weighted by molar-refractivity contribution is -0.129. The van der Waals surface area contributed by atoms with E-state index >= 15 is 0 Å². The summed E-state index contributed by atoms with van der Waals surface area (Å²) in [6, 6.07) is 10.4. The summed E-state index contributed by atoms with van der Waals surface area (Å²) in [5.41, 5.74) is 0.831. The van der Waals surface area contributed by atoms with Gasteiger partial charge in [0.05, 0.1) is 5.41 Å². The Bertz CT molecular complexity index is 470. The molecule has 1 amide bonds. The second-order valence-electron chi connectivity index (χ2n) is 7.26. The van der Waals surface area contributed by atoms with E-state index in [0.29, 0.717) is 0 Å². The van der Waals surface area contributed by atoms with Crippen LogP contribution >= 0.6 is 0 Å². The molecule has 0 aromatic heterocycles. The first-order chi connectivity index (χ1) is 9.86. The zero-order valence-electron chi connectivity index (χ0n) is 13.7. The van der Waals surface area contributed by atoms with Crippen molar-refractivity contribution in [2.75, 3.05) is 13.1 Å². The van der Waals surface area contributed by atoms with E-state index in [2.05, 4.69) is 50.5 Å². The third-order valence-corrected chi connectivity index (χ3v) is 4.86. The van der Waals surface area contributed by atoms with Crippen LogP contribution < -0.4 is 10.6 Å². The van der Waals surface area contributed by atoms with Gasteiger partial charge in [0.2, 0.25) is 5.91 Å². The molecule has 0 spiro atoms. The summed E-state index contributed by atoms with van der Waals surface area (Å²) >= 11 is 0. The molecule has 1 atom stereocenters. The van der Waals surface area contributed by atoms with Crippen LogP contribution in [0.5, 0.6) is 0 Å². The first kappa shape index (κ1) is 16.0. The maximum absolute atomic E-state index is 13.0. The summed E-state index contributed by atoms with van der Waals surface area (Å²) in [7, 11) is 0. The van der Waals surface area contributed by atoms with E-state index in [1.165, 1.54) is 0 Å². The zero-order chi connectivity index (χ0) is 15.5. The number of piperidine rings is 1. The van der Waals surface area contributed by atoms with Crippen LogP contribution in [0.15, 0.2) is 30.3 Å². The number of carbonyl (C=O) groups is 1. The van der Waals surface area contributed by atoms with E-state index in [9.17, 15) is 4.79 Å². The van der Waals surface area contributed by atoms with Gasteiger partial charge in [-0.3, -0.25) is 4.79 Å². The van der Waals surface area contributed by atoms with E-state index in [-0.39, 0.29) is 22.8 Å². The number of amides is 1. The van der Waals surface area contributed by atoms with Gasteiger partial charge in [-0.15, -0.1) is 0 Å². The van der Waals surface area contributed by atoms with Crippen molar-refractivity contribution in [3.05, 3.63) is 35.9 Å². The van der Waals surface area contributed by atoms with Crippen LogP contribution in [0.25, 0.3) is 0 Å². The van der Waals surface area contributed by atoms with Crippen LogP contribution in [0.4, 0.5) is 0 Å². The van der Waals surface area contributed by atoms with Crippen LogP contribution in [0, 0.1) is 5.41 Å². The van der Waals surface area contributed by atoms with E-state index in [0.717, 1.165) is 31.5 Å². The third kappa shape index (κ3) is 3.46. The fourth-order valence-corrected chi connectivity index (χ4v) is 2.81. The predicted molar refractivity (Wildman–Crippen MR) is 87.3 cm³/mol. The largest absolute Gasteiger partial charge is 0.352 e. The second kappa shape index (κ2) is 6.18. The Hall–Kier alpha value is -1.35. The fourth-order valence-electron chi connectivity index (χ4n) is 2.81. The monoisotopic (exact) mass is 288 g/mol. The van der Waals surface area contributed by atoms with Gasteiger partial charge in [-0.2, -0.15) is 0 Å². The Kier molecular flexibility index (Phi) is 4.72. The minimum Gasteiger partial charge on any atom is -0.352 e. The molecular weight excluding hydrogens is 260 g/mol. The molecule has 1 unspecified atom stereocenters. The van der Waals surface area contributed by atoms with Crippen LogP contribution in [0.2, 0.25) is 0 Å². The molecular formula is C18H28N2O. The molecule has 1 aromatic carbocycles. The molecule has 116 valence electrons. The highest BCUT2D eigenvalue weighted by Crippen LogP contribution is 2.34. The maximum atomic E-state index is 13.0. The van der Waals surface area contributed by atoms with Gasteiger partial charge in [-0.05, 0) is 43.8 Å². The van der Waals surface area contributed by atoms with Crippen molar-refractivity contribution >= 4 is 5.91 Å². The molecule has 0 aliphatic carbocycles. The number of nitrogens with one attached hydrogen (secondary N) is 2. The van der Waals surface area contributed by atoms with Gasteiger partial charge < -0.3 is 10.6 Å². The molecule has 0 bridgehead atoms. The van der Waals surface area contributed by atoms with Crippen LogP contribution in [-0.4, -0.2) is 25.0 Å². The van der Waals surface area contributed by atoms with Crippen LogP contribution in [-0.2, 0) is 10.2 Å². The van der Waals surface area contributed by atoms with E-state index < -0.39 is 0 Å². The van der Waals surface area contributed by atoms with Gasteiger partial charge in [0.25, 0.3) is 0 Å². The molecule has 1 heterocycles. The lowest BCUT2D eigenvalue weighted by Crippen LogP contribution is -2.54. The van der Waals surface area contributed by atoms with Crippen molar-refractivity contribution in [1.82, 2.24) is 10.6 Å². The van der Waals surface area contributed by atoms with Gasteiger partial charge >= 0.3 is 0 Å². The molecule has 3 heteroatoms. The lowest BCUT2D eigenvalue weighted by Gasteiger charge is -2.39. The number of hydrogen-bond donors (Lipinski definition) is 2. The van der Waals surface area contributed by atoms with Crippen molar-refractivity contribution in [1.29, 1.82) is 0 Å². The van der Waals surface area contributed by atoms with E-state index in [1.807, 2.05) is 18.2 Å². The Morgan fingerprint density at radius 1 is 1.19 bits per heavy atom. The zero-order valence-corrected chi connectivity index (χ0v) is 13.7. The van der Waals surface area contributed by atoms with Crippen molar-refractivity contribution in [2.24, 2.45) is 5.41 Å². The number of rotatable bonds is 3. The molecule has 1 aliphatic heterocycles. The Morgan fingerprint density at radius 3 is 2.29 bits per heavy atom. The van der Waals surface area contributed by atoms with Gasteiger partial charge in [-0.25, -0.2) is 0 Å². The second-order valence-corrected chi connectivity index (χ2v) is 7.26. The van der Waals surface area contributed by atoms with Gasteiger partial charge in [-0.1, -0.05) is 51.1 Å². The Labute approximate surface area is 128 Å². The SMILES string of the molecule is CC(NC(=O)C1(c2ccccc2)CCNCC1)C(C)(C)C. The molecule has 21 heavy (non-hydrogen) atoms. The predicted octanol–water partition coefficient (Wildman–Crippen LogP) is 2.86. The minimum atomic E-state index is -0.383. The molecule has 1 saturated heterocycles. The molecule has 1 aliphatic rings. The highest BCUT2D eigenvalue weighted by Gasteiger charge is 2.42. The highest BCUT2D eigenvalue weighted by atomic mass is 16.2. The summed E-state index contributed by atoms with van der Waals surface area (Å²) < 4.78 is 0. The summed E-state index contributed by atoms with van der Waals surface area (Å²) in [4.78, 5) is 13.0. The molecule has 0 radical (unpaired) electrons. The van der Waals surface area contributed by atoms with Crippen molar-refractivity contribution in [3.63, 3.8) is 0 Å². The van der Waals surface area contributed by atoms with Gasteiger partial charge in [0.15, 0.2) is 0 Å². The topological polar surface area (TPSA) is 41.1 Å². The number of benzene rings is 1. The van der Waals surface area contributed by atoms with Crippen molar-refractivity contribution in [3.8, 4) is 0 Å². The van der Waals surface area contributed by atoms with E-state index in [4.69, 9.17) is 0 Å². The maximum Gasteiger partial charge on any atom is 0.230 e. The third-order valence-electron chi connectivity index (χ3n) is 4.86. The van der Waals surface area contributed by atoms with Gasteiger partial charge in [0.1, 0.15) is 0 Å². The summed E-state index contributed by atoms with van der Waals surface area (Å²) in [6.07, 6.45) is 1.72.